The number of carbonyl (C=O) groups is 1. The Hall–Kier alpha value is -5.16. The molecule has 0 unspecified atom stereocenters. The summed E-state index contributed by atoms with van der Waals surface area (Å²) in [5, 5.41) is 0. The monoisotopic (exact) mass is 686 g/mol. The Morgan fingerprint density at radius 2 is 1.80 bits per heavy atom. The van der Waals surface area contributed by atoms with E-state index in [4.69, 9.17) is 23.7 Å². The SMILES string of the molecule is C=CCc1cc(/C=c2\sc3n(c2=O)[C@H](c2ccc(OC(C)C)c(OC)c2)C(C(=O)OCC)=C(C)N=3)cc(OC)c1OCc1ccc(F)cc1. The molecule has 9 nitrogen and oxygen atoms in total. The average molecular weight is 687 g/mol. The molecule has 256 valence electrons. The molecule has 0 aliphatic carbocycles. The maximum atomic E-state index is 14.3. The number of hydrogen-bond acceptors (Lipinski definition) is 9. The third-order valence-electron chi connectivity index (χ3n) is 7.72. The molecule has 3 aromatic carbocycles. The summed E-state index contributed by atoms with van der Waals surface area (Å²) in [4.78, 5) is 32.8. The predicted octanol–water partition coefficient (Wildman–Crippen LogP) is 6.05. The first-order chi connectivity index (χ1) is 23.6. The average Bonchev–Trinajstić information content (AvgIpc) is 3.37. The van der Waals surface area contributed by atoms with Crippen LogP contribution in [-0.4, -0.2) is 37.5 Å². The van der Waals surface area contributed by atoms with Gasteiger partial charge in [0.05, 0.1) is 48.8 Å². The highest BCUT2D eigenvalue weighted by Gasteiger charge is 2.34. The number of esters is 1. The minimum Gasteiger partial charge on any atom is -0.493 e. The van der Waals surface area contributed by atoms with E-state index in [1.54, 1.807) is 70.6 Å². The normalized spacial score (nSPS) is 14.3. The Kier molecular flexibility index (Phi) is 11.0. The van der Waals surface area contributed by atoms with E-state index in [0.717, 1.165) is 11.1 Å². The summed E-state index contributed by atoms with van der Waals surface area (Å²) >= 11 is 1.22. The van der Waals surface area contributed by atoms with Gasteiger partial charge in [0, 0.05) is 5.56 Å². The van der Waals surface area contributed by atoms with E-state index in [9.17, 15) is 14.0 Å². The van der Waals surface area contributed by atoms with Gasteiger partial charge in [-0.3, -0.25) is 9.36 Å². The van der Waals surface area contributed by atoms with Gasteiger partial charge in [0.1, 0.15) is 12.4 Å². The van der Waals surface area contributed by atoms with Crippen LogP contribution in [-0.2, 0) is 22.6 Å². The molecule has 49 heavy (non-hydrogen) atoms. The Bertz CT molecular complexity index is 2080. The lowest BCUT2D eigenvalue weighted by Gasteiger charge is -2.25. The zero-order valence-electron chi connectivity index (χ0n) is 28.4. The number of methoxy groups -OCH3 is 2. The first-order valence-electron chi connectivity index (χ1n) is 15.8. The molecule has 0 N–H and O–H groups in total. The largest absolute Gasteiger partial charge is 0.493 e. The summed E-state index contributed by atoms with van der Waals surface area (Å²) in [5.41, 5.74) is 3.31. The first-order valence-corrected chi connectivity index (χ1v) is 16.6. The fourth-order valence-electron chi connectivity index (χ4n) is 5.59. The number of fused-ring (bicyclic) bond motifs is 1. The lowest BCUT2D eigenvalue weighted by Crippen LogP contribution is -2.40. The topological polar surface area (TPSA) is 97.6 Å². The molecule has 0 saturated carbocycles. The quantitative estimate of drug-likeness (QED) is 0.125. The van der Waals surface area contributed by atoms with Crippen LogP contribution in [0.2, 0.25) is 0 Å². The van der Waals surface area contributed by atoms with Crippen molar-refractivity contribution in [1.82, 2.24) is 4.57 Å². The molecule has 2 heterocycles. The van der Waals surface area contributed by atoms with Crippen LogP contribution in [0, 0.1) is 5.82 Å². The van der Waals surface area contributed by atoms with E-state index < -0.39 is 12.0 Å². The summed E-state index contributed by atoms with van der Waals surface area (Å²) in [5.74, 6) is 1.12. The molecular weight excluding hydrogens is 647 g/mol. The van der Waals surface area contributed by atoms with Crippen molar-refractivity contribution in [3.63, 3.8) is 0 Å². The second-order valence-corrected chi connectivity index (χ2v) is 12.5. The minimum absolute atomic E-state index is 0.0873. The van der Waals surface area contributed by atoms with Crippen LogP contribution in [0.25, 0.3) is 6.08 Å². The fourth-order valence-corrected chi connectivity index (χ4v) is 6.64. The maximum absolute atomic E-state index is 14.3. The van der Waals surface area contributed by atoms with Gasteiger partial charge in [0.25, 0.3) is 5.56 Å². The third kappa shape index (κ3) is 7.62. The number of nitrogens with zero attached hydrogens (tertiary/aromatic N) is 2. The van der Waals surface area contributed by atoms with Gasteiger partial charge >= 0.3 is 5.97 Å². The van der Waals surface area contributed by atoms with Crippen LogP contribution in [0.1, 0.15) is 56.0 Å². The molecule has 1 aliphatic rings. The van der Waals surface area contributed by atoms with E-state index in [0.29, 0.717) is 55.6 Å². The highest BCUT2D eigenvalue weighted by atomic mass is 32.1. The molecule has 0 saturated heterocycles. The van der Waals surface area contributed by atoms with Crippen molar-refractivity contribution in [3.05, 3.63) is 126 Å². The highest BCUT2D eigenvalue weighted by Crippen LogP contribution is 2.37. The number of benzene rings is 3. The Morgan fingerprint density at radius 3 is 2.45 bits per heavy atom. The summed E-state index contributed by atoms with van der Waals surface area (Å²) in [7, 11) is 3.08. The van der Waals surface area contributed by atoms with E-state index in [2.05, 4.69) is 11.6 Å². The first kappa shape index (κ1) is 35.2. The van der Waals surface area contributed by atoms with Gasteiger partial charge in [0.15, 0.2) is 27.8 Å². The zero-order valence-corrected chi connectivity index (χ0v) is 29.2. The lowest BCUT2D eigenvalue weighted by atomic mass is 9.95. The van der Waals surface area contributed by atoms with Gasteiger partial charge in [-0.15, -0.1) is 6.58 Å². The van der Waals surface area contributed by atoms with Gasteiger partial charge < -0.3 is 23.7 Å². The fraction of sp³-hybridized carbons (Fsp3) is 0.289. The van der Waals surface area contributed by atoms with Gasteiger partial charge in [0.2, 0.25) is 0 Å². The van der Waals surface area contributed by atoms with Crippen molar-refractivity contribution in [3.8, 4) is 23.0 Å². The smallest absolute Gasteiger partial charge is 0.338 e. The van der Waals surface area contributed by atoms with E-state index in [1.165, 1.54) is 28.0 Å². The molecule has 0 spiro atoms. The summed E-state index contributed by atoms with van der Waals surface area (Å²) in [6, 6.07) is 14.3. The van der Waals surface area contributed by atoms with Crippen molar-refractivity contribution >= 4 is 23.4 Å². The number of halogens is 1. The van der Waals surface area contributed by atoms with Crippen LogP contribution in [0.5, 0.6) is 23.0 Å². The number of aromatic nitrogens is 1. The number of rotatable bonds is 13. The number of carbonyl (C=O) groups excluding carboxylic acids is 1. The van der Waals surface area contributed by atoms with Crippen molar-refractivity contribution in [2.75, 3.05) is 20.8 Å². The molecule has 0 fully saturated rings. The predicted molar refractivity (Wildman–Crippen MR) is 187 cm³/mol. The highest BCUT2D eigenvalue weighted by molar-refractivity contribution is 7.07. The molecule has 1 aliphatic heterocycles. The summed E-state index contributed by atoms with van der Waals surface area (Å²) < 4.78 is 44.2. The minimum atomic E-state index is -0.826. The van der Waals surface area contributed by atoms with E-state index in [-0.39, 0.29) is 36.3 Å². The molecule has 0 bridgehead atoms. The maximum Gasteiger partial charge on any atom is 0.338 e. The number of ether oxygens (including phenoxy) is 5. The van der Waals surface area contributed by atoms with Gasteiger partial charge in [-0.1, -0.05) is 35.6 Å². The van der Waals surface area contributed by atoms with Crippen LogP contribution in [0.4, 0.5) is 4.39 Å². The van der Waals surface area contributed by atoms with E-state index in [1.807, 2.05) is 26.0 Å². The van der Waals surface area contributed by atoms with Crippen molar-refractivity contribution < 1.29 is 32.9 Å². The molecule has 1 atom stereocenters. The third-order valence-corrected chi connectivity index (χ3v) is 8.70. The Labute approximate surface area is 288 Å². The van der Waals surface area contributed by atoms with Crippen LogP contribution in [0.3, 0.4) is 0 Å². The zero-order chi connectivity index (χ0) is 35.2. The summed E-state index contributed by atoms with van der Waals surface area (Å²) in [6.45, 7) is 11.6. The van der Waals surface area contributed by atoms with Gasteiger partial charge in [-0.05, 0) is 93.3 Å². The number of thiazole rings is 1. The molecule has 4 aromatic rings. The second-order valence-electron chi connectivity index (χ2n) is 11.5. The van der Waals surface area contributed by atoms with Crippen molar-refractivity contribution in [2.45, 2.75) is 52.9 Å². The molecule has 1 aromatic heterocycles. The molecule has 0 radical (unpaired) electrons. The molecule has 0 amide bonds. The Balaban J connectivity index is 1.62. The second kappa shape index (κ2) is 15.4. The van der Waals surface area contributed by atoms with Crippen LogP contribution < -0.4 is 33.8 Å². The standard InChI is InChI=1S/C38H39FN2O7S/c1-8-10-27-17-25(18-31(45-7)35(27)47-21-24-11-14-28(39)15-12-24)19-32-36(42)41-34(26-13-16-29(48-22(3)4)30(20-26)44-6)33(37(43)46-9-2)23(5)40-38(41)49-32/h8,11-20,22,34H,1,9-10,21H2,2-7H3/b32-19-/t34-/m1/s1. The number of allylic oxidation sites excluding steroid dienone is 2. The van der Waals surface area contributed by atoms with Crippen LogP contribution in [0.15, 0.2) is 88.3 Å². The summed E-state index contributed by atoms with van der Waals surface area (Å²) in [6.07, 6.45) is 3.90. The Morgan fingerprint density at radius 1 is 1.06 bits per heavy atom. The van der Waals surface area contributed by atoms with Gasteiger partial charge in [-0.2, -0.15) is 0 Å². The molecule has 11 heteroatoms. The lowest BCUT2D eigenvalue weighted by molar-refractivity contribution is -0.139. The van der Waals surface area contributed by atoms with E-state index >= 15 is 0 Å². The molecular formula is C38H39FN2O7S. The van der Waals surface area contributed by atoms with Crippen LogP contribution >= 0.6 is 11.3 Å². The molecule has 5 rings (SSSR count). The van der Waals surface area contributed by atoms with Gasteiger partial charge in [-0.25, -0.2) is 14.2 Å². The van der Waals surface area contributed by atoms with Crippen molar-refractivity contribution in [2.24, 2.45) is 4.99 Å². The number of hydrogen-bond donors (Lipinski definition) is 0. The van der Waals surface area contributed by atoms with Crippen molar-refractivity contribution in [1.29, 1.82) is 0 Å².